The lowest BCUT2D eigenvalue weighted by Crippen LogP contribution is -2.46. The molecule has 0 saturated carbocycles. The van der Waals surface area contributed by atoms with Gasteiger partial charge in [0.2, 0.25) is 17.7 Å². The molecular weight excluding hydrogens is 248 g/mol. The Balaban J connectivity index is 4.25. The number of nitrogens with two attached hydrogens (primary N) is 1. The summed E-state index contributed by atoms with van der Waals surface area (Å²) >= 11 is 0. The molecule has 0 radical (unpaired) electrons. The van der Waals surface area contributed by atoms with E-state index >= 15 is 0 Å². The number of amides is 3. The minimum absolute atomic E-state index is 0.0190. The van der Waals surface area contributed by atoms with Crippen LogP contribution in [-0.4, -0.2) is 55.3 Å². The lowest BCUT2D eigenvalue weighted by Gasteiger charge is -2.21. The van der Waals surface area contributed by atoms with E-state index in [1.165, 1.54) is 4.90 Å². The van der Waals surface area contributed by atoms with Gasteiger partial charge in [0.05, 0.1) is 19.6 Å². The van der Waals surface area contributed by atoms with Crippen molar-refractivity contribution in [3.8, 4) is 0 Å². The third-order valence-corrected chi connectivity index (χ3v) is 2.38. The number of rotatable bonds is 9. The fourth-order valence-electron chi connectivity index (χ4n) is 1.41. The second kappa shape index (κ2) is 10.3. The quantitative estimate of drug-likeness (QED) is 0.491. The average Bonchev–Trinajstić information content (AvgIpc) is 2.41. The zero-order valence-corrected chi connectivity index (χ0v) is 11.7. The van der Waals surface area contributed by atoms with E-state index in [0.29, 0.717) is 13.1 Å². The summed E-state index contributed by atoms with van der Waals surface area (Å²) < 4.78 is 0. The van der Waals surface area contributed by atoms with Gasteiger partial charge in [-0.05, 0) is 12.8 Å². The van der Waals surface area contributed by atoms with E-state index in [1.807, 2.05) is 13.8 Å². The molecule has 0 fully saturated rings. The smallest absolute Gasteiger partial charge is 0.242 e. The highest BCUT2D eigenvalue weighted by atomic mass is 16.2. The van der Waals surface area contributed by atoms with Crippen molar-refractivity contribution in [3.05, 3.63) is 0 Å². The summed E-state index contributed by atoms with van der Waals surface area (Å²) in [6, 6.07) is 0. The average molecular weight is 272 g/mol. The van der Waals surface area contributed by atoms with Crippen LogP contribution in [0.3, 0.4) is 0 Å². The Morgan fingerprint density at radius 1 is 1.05 bits per heavy atom. The summed E-state index contributed by atoms with van der Waals surface area (Å²) in [7, 11) is 0. The molecule has 0 atom stereocenters. The van der Waals surface area contributed by atoms with Crippen LogP contribution in [0.2, 0.25) is 0 Å². The van der Waals surface area contributed by atoms with Crippen LogP contribution in [0.25, 0.3) is 0 Å². The second-order valence-electron chi connectivity index (χ2n) is 4.15. The molecule has 19 heavy (non-hydrogen) atoms. The van der Waals surface area contributed by atoms with Crippen LogP contribution < -0.4 is 16.4 Å². The second-order valence-corrected chi connectivity index (χ2v) is 4.15. The van der Waals surface area contributed by atoms with Crippen LogP contribution in [0.4, 0.5) is 0 Å². The fourth-order valence-corrected chi connectivity index (χ4v) is 1.41. The van der Waals surface area contributed by atoms with E-state index in [4.69, 9.17) is 5.73 Å². The van der Waals surface area contributed by atoms with Gasteiger partial charge in [0.1, 0.15) is 0 Å². The topological polar surface area (TPSA) is 105 Å². The molecule has 0 unspecified atom stereocenters. The Labute approximate surface area is 113 Å². The minimum atomic E-state index is -0.389. The molecule has 3 amide bonds. The van der Waals surface area contributed by atoms with Crippen molar-refractivity contribution < 1.29 is 14.4 Å². The molecule has 0 aromatic rings. The molecule has 7 heteroatoms. The van der Waals surface area contributed by atoms with Crippen LogP contribution in [0, 0.1) is 0 Å². The lowest BCUT2D eigenvalue weighted by molar-refractivity contribution is -0.136. The molecule has 0 rings (SSSR count). The normalized spacial score (nSPS) is 9.84. The first-order valence-electron chi connectivity index (χ1n) is 6.56. The largest absolute Gasteiger partial charge is 0.355 e. The van der Waals surface area contributed by atoms with Crippen molar-refractivity contribution in [1.82, 2.24) is 15.5 Å². The maximum atomic E-state index is 11.9. The zero-order valence-electron chi connectivity index (χ0n) is 11.7. The van der Waals surface area contributed by atoms with Gasteiger partial charge in [-0.1, -0.05) is 13.8 Å². The summed E-state index contributed by atoms with van der Waals surface area (Å²) in [5, 5.41) is 5.11. The standard InChI is InChI=1S/C12H24N4O3/c1-3-5-14-11(18)9-16(6-4-2)12(19)8-15-10(17)7-13/h3-9,13H2,1-2H3,(H,14,18)(H,15,17). The van der Waals surface area contributed by atoms with Gasteiger partial charge in [0, 0.05) is 13.1 Å². The molecule has 0 heterocycles. The first-order chi connectivity index (χ1) is 9.04. The molecule has 0 aliphatic carbocycles. The van der Waals surface area contributed by atoms with Crippen LogP contribution >= 0.6 is 0 Å². The fraction of sp³-hybridized carbons (Fsp3) is 0.750. The summed E-state index contributed by atoms with van der Waals surface area (Å²) in [4.78, 5) is 35.8. The van der Waals surface area contributed by atoms with Crippen molar-refractivity contribution in [2.75, 3.05) is 32.7 Å². The predicted octanol–water partition coefficient (Wildman–Crippen LogP) is -1.17. The van der Waals surface area contributed by atoms with Crippen molar-refractivity contribution in [2.45, 2.75) is 26.7 Å². The highest BCUT2D eigenvalue weighted by Gasteiger charge is 2.16. The first kappa shape index (κ1) is 17.4. The Bertz CT molecular complexity index is 307. The Morgan fingerprint density at radius 2 is 1.74 bits per heavy atom. The summed E-state index contributed by atoms with van der Waals surface area (Å²) in [5.41, 5.74) is 5.13. The van der Waals surface area contributed by atoms with Gasteiger partial charge in [-0.25, -0.2) is 0 Å². The van der Waals surface area contributed by atoms with Crippen molar-refractivity contribution >= 4 is 17.7 Å². The molecule has 0 aromatic heterocycles. The summed E-state index contributed by atoms with van der Waals surface area (Å²) in [6.45, 7) is 4.69. The lowest BCUT2D eigenvalue weighted by atomic mass is 10.3. The van der Waals surface area contributed by atoms with E-state index < -0.39 is 0 Å². The van der Waals surface area contributed by atoms with Gasteiger partial charge in [0.25, 0.3) is 0 Å². The molecule has 0 bridgehead atoms. The molecule has 110 valence electrons. The molecule has 0 spiro atoms. The number of carbonyl (C=O) groups is 3. The Hall–Kier alpha value is -1.63. The zero-order chi connectivity index (χ0) is 14.7. The highest BCUT2D eigenvalue weighted by molar-refractivity contribution is 5.88. The van der Waals surface area contributed by atoms with E-state index in [0.717, 1.165) is 12.8 Å². The number of nitrogens with zero attached hydrogens (tertiary/aromatic N) is 1. The first-order valence-corrected chi connectivity index (χ1v) is 6.56. The highest BCUT2D eigenvalue weighted by Crippen LogP contribution is 1.93. The van der Waals surface area contributed by atoms with Crippen LogP contribution in [0.5, 0.6) is 0 Å². The monoisotopic (exact) mass is 272 g/mol. The maximum Gasteiger partial charge on any atom is 0.242 e. The van der Waals surface area contributed by atoms with Gasteiger partial charge in [0.15, 0.2) is 0 Å². The maximum absolute atomic E-state index is 11.9. The SMILES string of the molecule is CCCNC(=O)CN(CCC)C(=O)CNC(=O)CN. The molecule has 4 N–H and O–H groups in total. The van der Waals surface area contributed by atoms with Crippen molar-refractivity contribution in [1.29, 1.82) is 0 Å². The van der Waals surface area contributed by atoms with Crippen molar-refractivity contribution in [3.63, 3.8) is 0 Å². The van der Waals surface area contributed by atoms with Gasteiger partial charge < -0.3 is 21.3 Å². The van der Waals surface area contributed by atoms with Gasteiger partial charge in [-0.15, -0.1) is 0 Å². The Kier molecular flexibility index (Phi) is 9.42. The van der Waals surface area contributed by atoms with E-state index in [9.17, 15) is 14.4 Å². The molecule has 0 aromatic carbocycles. The number of hydrogen-bond acceptors (Lipinski definition) is 4. The van der Waals surface area contributed by atoms with Gasteiger partial charge in [-0.3, -0.25) is 14.4 Å². The molecule has 0 aliphatic heterocycles. The van der Waals surface area contributed by atoms with Crippen LogP contribution in [-0.2, 0) is 14.4 Å². The number of nitrogens with one attached hydrogen (secondary N) is 2. The molecule has 7 nitrogen and oxygen atoms in total. The van der Waals surface area contributed by atoms with Crippen LogP contribution in [0.1, 0.15) is 26.7 Å². The number of hydrogen-bond donors (Lipinski definition) is 3. The van der Waals surface area contributed by atoms with E-state index in [-0.39, 0.29) is 37.4 Å². The molecule has 0 aliphatic rings. The predicted molar refractivity (Wildman–Crippen MR) is 72.2 cm³/mol. The number of carbonyl (C=O) groups excluding carboxylic acids is 3. The van der Waals surface area contributed by atoms with Gasteiger partial charge in [-0.2, -0.15) is 0 Å². The third kappa shape index (κ3) is 8.15. The molecular formula is C12H24N4O3. The van der Waals surface area contributed by atoms with E-state index in [2.05, 4.69) is 10.6 Å². The van der Waals surface area contributed by atoms with Crippen molar-refractivity contribution in [2.24, 2.45) is 5.73 Å². The Morgan fingerprint density at radius 3 is 2.26 bits per heavy atom. The summed E-state index contributed by atoms with van der Waals surface area (Å²) in [6.07, 6.45) is 1.59. The minimum Gasteiger partial charge on any atom is -0.355 e. The summed E-state index contributed by atoms with van der Waals surface area (Å²) in [5.74, 6) is -0.857. The van der Waals surface area contributed by atoms with E-state index in [1.54, 1.807) is 0 Å². The third-order valence-electron chi connectivity index (χ3n) is 2.38. The van der Waals surface area contributed by atoms with Gasteiger partial charge >= 0.3 is 0 Å². The van der Waals surface area contributed by atoms with Crippen LogP contribution in [0.15, 0.2) is 0 Å². The molecule has 0 saturated heterocycles.